The van der Waals surface area contributed by atoms with E-state index in [1.54, 1.807) is 24.3 Å². The van der Waals surface area contributed by atoms with E-state index in [-0.39, 0.29) is 23.4 Å². The second-order valence-corrected chi connectivity index (χ2v) is 10.7. The molecule has 0 radical (unpaired) electrons. The van der Waals surface area contributed by atoms with E-state index in [2.05, 4.69) is 5.32 Å². The number of likely N-dealkylation sites (tertiary alicyclic amines) is 1. The molecule has 2 fully saturated rings. The lowest BCUT2D eigenvalue weighted by atomic mass is 9.63. The zero-order valence-electron chi connectivity index (χ0n) is 21.6. The van der Waals surface area contributed by atoms with E-state index < -0.39 is 5.41 Å². The number of nitrogens with zero attached hydrogens (tertiary/aromatic N) is 1. The molecule has 1 aliphatic carbocycles. The molecule has 0 atom stereocenters. The van der Waals surface area contributed by atoms with E-state index >= 15 is 0 Å². The standard InChI is InChI=1S/C32H34F2N2O2/c33-28-14-6-23(7-15-28)22-35-31(38)32(27-4-2-1-3-5-27)18-20-36(21-19-32)30(37)26-10-8-24(9-11-26)25-12-16-29(34)17-13-25/h6-17,27H,1-5,18-22H2,(H,35,38). The highest BCUT2D eigenvalue weighted by molar-refractivity contribution is 5.95. The number of carbonyl (C=O) groups is 2. The number of hydrogen-bond donors (Lipinski definition) is 1. The van der Waals surface area contributed by atoms with E-state index in [0.717, 1.165) is 42.4 Å². The molecule has 3 aromatic carbocycles. The summed E-state index contributed by atoms with van der Waals surface area (Å²) < 4.78 is 26.5. The summed E-state index contributed by atoms with van der Waals surface area (Å²) in [7, 11) is 0. The monoisotopic (exact) mass is 516 g/mol. The Labute approximate surface area is 223 Å². The molecule has 0 spiro atoms. The van der Waals surface area contributed by atoms with Gasteiger partial charge in [0.2, 0.25) is 5.91 Å². The first kappa shape index (κ1) is 26.1. The van der Waals surface area contributed by atoms with E-state index in [0.29, 0.717) is 44.0 Å². The third-order valence-electron chi connectivity index (χ3n) is 8.46. The van der Waals surface area contributed by atoms with Gasteiger partial charge in [-0.25, -0.2) is 8.78 Å². The highest BCUT2D eigenvalue weighted by Gasteiger charge is 2.47. The van der Waals surface area contributed by atoms with Gasteiger partial charge in [0.05, 0.1) is 5.41 Å². The summed E-state index contributed by atoms with van der Waals surface area (Å²) in [4.78, 5) is 28.9. The van der Waals surface area contributed by atoms with Crippen LogP contribution in [0.2, 0.25) is 0 Å². The first-order valence-electron chi connectivity index (χ1n) is 13.6. The van der Waals surface area contributed by atoms with E-state index in [4.69, 9.17) is 0 Å². The molecule has 1 aliphatic heterocycles. The van der Waals surface area contributed by atoms with Gasteiger partial charge in [-0.15, -0.1) is 0 Å². The maximum Gasteiger partial charge on any atom is 0.253 e. The second-order valence-electron chi connectivity index (χ2n) is 10.7. The Morgan fingerprint density at radius 1 is 0.763 bits per heavy atom. The predicted octanol–water partition coefficient (Wildman–Crippen LogP) is 6.75. The summed E-state index contributed by atoms with van der Waals surface area (Å²) in [5.74, 6) is -0.221. The minimum absolute atomic E-state index is 0.0281. The maximum atomic E-state index is 13.7. The fourth-order valence-corrected chi connectivity index (χ4v) is 6.18. The van der Waals surface area contributed by atoms with Crippen molar-refractivity contribution in [3.63, 3.8) is 0 Å². The highest BCUT2D eigenvalue weighted by atomic mass is 19.1. The van der Waals surface area contributed by atoms with Crippen LogP contribution >= 0.6 is 0 Å². The highest BCUT2D eigenvalue weighted by Crippen LogP contribution is 2.46. The molecule has 4 nitrogen and oxygen atoms in total. The van der Waals surface area contributed by atoms with Crippen LogP contribution in [0.1, 0.15) is 60.9 Å². The molecule has 38 heavy (non-hydrogen) atoms. The van der Waals surface area contributed by atoms with Crippen molar-refractivity contribution in [2.75, 3.05) is 13.1 Å². The Morgan fingerprint density at radius 3 is 1.87 bits per heavy atom. The van der Waals surface area contributed by atoms with Crippen LogP contribution in [-0.4, -0.2) is 29.8 Å². The Kier molecular flexibility index (Phi) is 7.87. The fraction of sp³-hybridized carbons (Fsp3) is 0.375. The van der Waals surface area contributed by atoms with Crippen LogP contribution in [0.4, 0.5) is 8.78 Å². The van der Waals surface area contributed by atoms with Gasteiger partial charge in [0, 0.05) is 25.2 Å². The third kappa shape index (κ3) is 5.64. The summed E-state index contributed by atoms with van der Waals surface area (Å²) in [5.41, 5.74) is 2.82. The van der Waals surface area contributed by atoms with Crippen LogP contribution in [0.25, 0.3) is 11.1 Å². The lowest BCUT2D eigenvalue weighted by Crippen LogP contribution is -2.53. The average Bonchev–Trinajstić information content (AvgIpc) is 2.97. The first-order valence-corrected chi connectivity index (χ1v) is 13.6. The molecule has 0 unspecified atom stereocenters. The number of carbonyl (C=O) groups excluding carboxylic acids is 2. The first-order chi connectivity index (χ1) is 18.4. The van der Waals surface area contributed by atoms with Crippen molar-refractivity contribution >= 4 is 11.8 Å². The van der Waals surface area contributed by atoms with Crippen molar-refractivity contribution in [1.82, 2.24) is 10.2 Å². The molecule has 1 saturated heterocycles. The van der Waals surface area contributed by atoms with Crippen LogP contribution in [0.3, 0.4) is 0 Å². The number of amides is 2. The minimum atomic E-state index is -0.482. The molecule has 1 saturated carbocycles. The Balaban J connectivity index is 1.26. The molecular formula is C32H34F2N2O2. The molecule has 6 heteroatoms. The van der Waals surface area contributed by atoms with Gasteiger partial charge >= 0.3 is 0 Å². The molecular weight excluding hydrogens is 482 g/mol. The summed E-state index contributed by atoms with van der Waals surface area (Å²) in [6.45, 7) is 1.45. The molecule has 0 aromatic heterocycles. The number of halogens is 2. The molecule has 3 aromatic rings. The van der Waals surface area contributed by atoms with Crippen molar-refractivity contribution in [1.29, 1.82) is 0 Å². The number of nitrogens with one attached hydrogen (secondary N) is 1. The summed E-state index contributed by atoms with van der Waals surface area (Å²) >= 11 is 0. The largest absolute Gasteiger partial charge is 0.352 e. The third-order valence-corrected chi connectivity index (χ3v) is 8.46. The quantitative estimate of drug-likeness (QED) is 0.394. The van der Waals surface area contributed by atoms with Crippen LogP contribution in [-0.2, 0) is 11.3 Å². The molecule has 1 heterocycles. The zero-order valence-corrected chi connectivity index (χ0v) is 21.6. The van der Waals surface area contributed by atoms with Crippen LogP contribution in [0, 0.1) is 23.0 Å². The Hall–Kier alpha value is -3.54. The molecule has 1 N–H and O–H groups in total. The van der Waals surface area contributed by atoms with Crippen LogP contribution in [0.15, 0.2) is 72.8 Å². The van der Waals surface area contributed by atoms with Gasteiger partial charge < -0.3 is 10.2 Å². The Bertz CT molecular complexity index is 1240. The van der Waals surface area contributed by atoms with Crippen molar-refractivity contribution < 1.29 is 18.4 Å². The van der Waals surface area contributed by atoms with Crippen molar-refractivity contribution in [2.24, 2.45) is 11.3 Å². The number of rotatable bonds is 6. The molecule has 198 valence electrons. The molecule has 5 rings (SSSR count). The van der Waals surface area contributed by atoms with Gasteiger partial charge in [0.15, 0.2) is 0 Å². The van der Waals surface area contributed by atoms with E-state index in [1.165, 1.54) is 30.7 Å². The lowest BCUT2D eigenvalue weighted by Gasteiger charge is -2.46. The summed E-state index contributed by atoms with van der Waals surface area (Å²) in [6, 6.07) is 19.9. The van der Waals surface area contributed by atoms with Crippen LogP contribution < -0.4 is 5.32 Å². The van der Waals surface area contributed by atoms with Gasteiger partial charge in [-0.05, 0) is 84.7 Å². The SMILES string of the molecule is O=C(c1ccc(-c2ccc(F)cc2)cc1)N1CCC(C(=O)NCc2ccc(F)cc2)(C2CCCCC2)CC1. The normalized spacial score (nSPS) is 17.7. The molecule has 2 aliphatic rings. The molecule has 0 bridgehead atoms. The van der Waals surface area contributed by atoms with Gasteiger partial charge in [-0.1, -0.05) is 55.7 Å². The number of benzene rings is 3. The van der Waals surface area contributed by atoms with Crippen LogP contribution in [0.5, 0.6) is 0 Å². The Morgan fingerprint density at radius 2 is 1.29 bits per heavy atom. The van der Waals surface area contributed by atoms with E-state index in [9.17, 15) is 18.4 Å². The zero-order chi connectivity index (χ0) is 26.5. The predicted molar refractivity (Wildman–Crippen MR) is 144 cm³/mol. The van der Waals surface area contributed by atoms with Crippen molar-refractivity contribution in [3.8, 4) is 11.1 Å². The van der Waals surface area contributed by atoms with Gasteiger partial charge in [-0.2, -0.15) is 0 Å². The summed E-state index contributed by atoms with van der Waals surface area (Å²) in [6.07, 6.45) is 6.87. The average molecular weight is 517 g/mol. The topological polar surface area (TPSA) is 49.4 Å². The minimum Gasteiger partial charge on any atom is -0.352 e. The van der Waals surface area contributed by atoms with Crippen molar-refractivity contribution in [2.45, 2.75) is 51.5 Å². The lowest BCUT2D eigenvalue weighted by molar-refractivity contribution is -0.139. The number of piperidine rings is 1. The van der Waals surface area contributed by atoms with Gasteiger partial charge in [0.25, 0.3) is 5.91 Å². The maximum absolute atomic E-state index is 13.7. The summed E-state index contributed by atoms with van der Waals surface area (Å²) in [5, 5.41) is 3.14. The van der Waals surface area contributed by atoms with Crippen molar-refractivity contribution in [3.05, 3.63) is 95.6 Å². The molecule has 2 amide bonds. The van der Waals surface area contributed by atoms with Gasteiger partial charge in [0.1, 0.15) is 11.6 Å². The van der Waals surface area contributed by atoms with E-state index in [1.807, 2.05) is 29.2 Å². The fourth-order valence-electron chi connectivity index (χ4n) is 6.18. The number of hydrogen-bond acceptors (Lipinski definition) is 2. The van der Waals surface area contributed by atoms with Gasteiger partial charge in [-0.3, -0.25) is 9.59 Å². The smallest absolute Gasteiger partial charge is 0.253 e. The second kappa shape index (κ2) is 11.5.